The van der Waals surface area contributed by atoms with Crippen LogP contribution < -0.4 is 9.64 Å². The number of benzene rings is 2. The highest BCUT2D eigenvalue weighted by atomic mass is 79.9. The number of para-hydroxylation sites is 1. The number of amides is 2. The SMILES string of the molecule is COc1cc(Br)cc(C2C3=CCC4C(=O)N(c5ccccc5)C(=O)C4C3CC3=C2C(=O)C=C(Br)C3=O)c1O. The number of carbonyl (C=O) groups is 4. The monoisotopic (exact) mass is 637 g/mol. The highest BCUT2D eigenvalue weighted by Crippen LogP contribution is 2.57. The summed E-state index contributed by atoms with van der Waals surface area (Å²) in [7, 11) is 1.43. The van der Waals surface area contributed by atoms with Crippen molar-refractivity contribution in [3.05, 3.63) is 85.9 Å². The molecule has 0 saturated carbocycles. The third kappa shape index (κ3) is 3.59. The summed E-state index contributed by atoms with van der Waals surface area (Å²) in [6, 6.07) is 12.1. The molecule has 4 aliphatic rings. The van der Waals surface area contributed by atoms with Gasteiger partial charge in [0.15, 0.2) is 23.1 Å². The molecule has 0 radical (unpaired) electrons. The molecule has 4 atom stereocenters. The van der Waals surface area contributed by atoms with Crippen LogP contribution in [0.15, 0.2) is 80.3 Å². The van der Waals surface area contributed by atoms with Crippen LogP contribution in [0.25, 0.3) is 0 Å². The number of imide groups is 1. The van der Waals surface area contributed by atoms with Crippen molar-refractivity contribution in [3.63, 3.8) is 0 Å². The Labute approximate surface area is 235 Å². The fraction of sp³-hybridized carbons (Fsp3) is 0.241. The smallest absolute Gasteiger partial charge is 0.238 e. The van der Waals surface area contributed by atoms with Gasteiger partial charge < -0.3 is 9.84 Å². The van der Waals surface area contributed by atoms with Gasteiger partial charge in [0.25, 0.3) is 0 Å². The summed E-state index contributed by atoms with van der Waals surface area (Å²) in [6.45, 7) is 0. The number of ketones is 2. The van der Waals surface area contributed by atoms with Crippen LogP contribution in [-0.4, -0.2) is 35.6 Å². The topological polar surface area (TPSA) is 101 Å². The van der Waals surface area contributed by atoms with Gasteiger partial charge in [-0.25, -0.2) is 0 Å². The molecule has 1 saturated heterocycles. The minimum Gasteiger partial charge on any atom is -0.504 e. The number of hydrogen-bond donors (Lipinski definition) is 1. The van der Waals surface area contributed by atoms with E-state index < -0.39 is 23.7 Å². The lowest BCUT2D eigenvalue weighted by Crippen LogP contribution is -2.39. The van der Waals surface area contributed by atoms with Gasteiger partial charge in [-0.05, 0) is 59.0 Å². The first-order valence-electron chi connectivity index (χ1n) is 12.1. The molecule has 3 aliphatic carbocycles. The second-order valence-electron chi connectivity index (χ2n) is 9.79. The molecule has 1 fully saturated rings. The largest absolute Gasteiger partial charge is 0.504 e. The summed E-state index contributed by atoms with van der Waals surface area (Å²) in [5.41, 5.74) is 2.24. The Kier molecular flexibility index (Phi) is 6.03. The van der Waals surface area contributed by atoms with Crippen LogP contribution in [0.1, 0.15) is 24.3 Å². The summed E-state index contributed by atoms with van der Waals surface area (Å²) in [5, 5.41) is 11.2. The molecule has 7 nitrogen and oxygen atoms in total. The number of ether oxygens (including phenoxy) is 1. The third-order valence-corrected chi connectivity index (χ3v) is 8.99. The van der Waals surface area contributed by atoms with Crippen LogP contribution in [0.2, 0.25) is 0 Å². The summed E-state index contributed by atoms with van der Waals surface area (Å²) in [6.07, 6.45) is 3.64. The van der Waals surface area contributed by atoms with Crippen LogP contribution in [0, 0.1) is 17.8 Å². The lowest BCUT2D eigenvalue weighted by Gasteiger charge is -2.42. The number of phenolic OH excluding ortho intramolecular Hbond substituents is 1. The molecule has 2 aromatic carbocycles. The first kappa shape index (κ1) is 25.0. The lowest BCUT2D eigenvalue weighted by atomic mass is 9.59. The molecule has 0 aromatic heterocycles. The maximum atomic E-state index is 13.9. The quantitative estimate of drug-likeness (QED) is 0.284. The van der Waals surface area contributed by atoms with Crippen molar-refractivity contribution < 1.29 is 29.0 Å². The fourth-order valence-corrected chi connectivity index (χ4v) is 7.27. The van der Waals surface area contributed by atoms with E-state index in [2.05, 4.69) is 31.9 Å². The maximum absolute atomic E-state index is 13.9. The number of methoxy groups -OCH3 is 1. The molecule has 1 heterocycles. The van der Waals surface area contributed by atoms with E-state index >= 15 is 0 Å². The predicted molar refractivity (Wildman–Crippen MR) is 146 cm³/mol. The summed E-state index contributed by atoms with van der Waals surface area (Å²) >= 11 is 6.68. The van der Waals surface area contributed by atoms with E-state index in [1.54, 1.807) is 36.4 Å². The number of allylic oxidation sites excluding steroid dienone is 6. The molecule has 192 valence electrons. The van der Waals surface area contributed by atoms with E-state index in [-0.39, 0.29) is 51.4 Å². The standard InChI is InChI=1S/C29H21Br2NO6/c1-38-22-10-13(30)9-18(27(22)35)23-15-7-8-16-24(29(37)32(28(16)36)14-5-3-2-4-6-14)17(15)11-19-25(23)21(33)12-20(31)26(19)34/h2-7,9-10,12,16-17,23-24,35H,8,11H2,1H3. The molecule has 0 spiro atoms. The number of phenols is 1. The Hall–Kier alpha value is -3.30. The van der Waals surface area contributed by atoms with Crippen LogP contribution in [0.3, 0.4) is 0 Å². The number of hydrogen-bond acceptors (Lipinski definition) is 6. The first-order chi connectivity index (χ1) is 18.2. The third-order valence-electron chi connectivity index (χ3n) is 7.95. The normalized spacial score (nSPS) is 26.6. The first-order valence-corrected chi connectivity index (χ1v) is 13.7. The minimum atomic E-state index is -0.780. The maximum Gasteiger partial charge on any atom is 0.238 e. The number of aromatic hydroxyl groups is 1. The van der Waals surface area contributed by atoms with Crippen molar-refractivity contribution >= 4 is 60.9 Å². The number of fused-ring (bicyclic) bond motifs is 3. The highest BCUT2D eigenvalue weighted by Gasteiger charge is 2.57. The van der Waals surface area contributed by atoms with E-state index in [4.69, 9.17) is 4.74 Å². The number of anilines is 1. The number of rotatable bonds is 3. The van der Waals surface area contributed by atoms with Crippen LogP contribution in [0.4, 0.5) is 5.69 Å². The molecule has 4 unspecified atom stereocenters. The van der Waals surface area contributed by atoms with E-state index in [0.29, 0.717) is 27.7 Å². The van der Waals surface area contributed by atoms with Gasteiger partial charge in [0.1, 0.15) is 0 Å². The van der Waals surface area contributed by atoms with Crippen molar-refractivity contribution in [3.8, 4) is 11.5 Å². The number of Topliss-reactive ketones (excluding diaryl/α,β-unsaturated/α-hetero) is 1. The number of halogens is 2. The molecule has 1 aliphatic heterocycles. The predicted octanol–water partition coefficient (Wildman–Crippen LogP) is 5.13. The number of nitrogens with zero attached hydrogens (tertiary/aromatic N) is 1. The molecule has 2 aromatic rings. The van der Waals surface area contributed by atoms with Gasteiger partial charge in [0.2, 0.25) is 11.8 Å². The van der Waals surface area contributed by atoms with E-state index in [1.165, 1.54) is 18.1 Å². The van der Waals surface area contributed by atoms with Gasteiger partial charge in [0.05, 0.1) is 29.1 Å². The zero-order valence-electron chi connectivity index (χ0n) is 20.1. The summed E-state index contributed by atoms with van der Waals surface area (Å²) in [4.78, 5) is 55.3. The van der Waals surface area contributed by atoms with Crippen LogP contribution in [0.5, 0.6) is 11.5 Å². The van der Waals surface area contributed by atoms with Gasteiger partial charge in [-0.3, -0.25) is 24.1 Å². The van der Waals surface area contributed by atoms with E-state index in [9.17, 15) is 24.3 Å². The van der Waals surface area contributed by atoms with E-state index in [0.717, 1.165) is 5.57 Å². The van der Waals surface area contributed by atoms with Crippen molar-refractivity contribution in [2.45, 2.75) is 18.8 Å². The Morgan fingerprint density at radius 1 is 1.00 bits per heavy atom. The second-order valence-corrected chi connectivity index (χ2v) is 11.6. The van der Waals surface area contributed by atoms with Crippen molar-refractivity contribution in [1.82, 2.24) is 0 Å². The average Bonchev–Trinajstić information content (AvgIpc) is 3.17. The second kappa shape index (κ2) is 9.17. The van der Waals surface area contributed by atoms with Gasteiger partial charge in [0, 0.05) is 33.2 Å². The average molecular weight is 639 g/mol. The molecule has 2 amide bonds. The zero-order valence-corrected chi connectivity index (χ0v) is 23.3. The van der Waals surface area contributed by atoms with Gasteiger partial charge in [-0.1, -0.05) is 45.8 Å². The number of carbonyl (C=O) groups excluding carboxylic acids is 4. The highest BCUT2D eigenvalue weighted by molar-refractivity contribution is 9.12. The van der Waals surface area contributed by atoms with Crippen molar-refractivity contribution in [2.24, 2.45) is 17.8 Å². The van der Waals surface area contributed by atoms with Gasteiger partial charge >= 0.3 is 0 Å². The molecule has 0 bridgehead atoms. The molecule has 6 rings (SSSR count). The minimum absolute atomic E-state index is 0.148. The Bertz CT molecular complexity index is 1540. The molecule has 38 heavy (non-hydrogen) atoms. The van der Waals surface area contributed by atoms with Gasteiger partial charge in [-0.15, -0.1) is 0 Å². The molecule has 1 N–H and O–H groups in total. The Morgan fingerprint density at radius 2 is 1.74 bits per heavy atom. The van der Waals surface area contributed by atoms with E-state index in [1.807, 2.05) is 12.1 Å². The summed E-state index contributed by atoms with van der Waals surface area (Å²) < 4.78 is 6.13. The van der Waals surface area contributed by atoms with Crippen molar-refractivity contribution in [2.75, 3.05) is 12.0 Å². The fourth-order valence-electron chi connectivity index (χ4n) is 6.36. The molecular formula is C29H21Br2NO6. The van der Waals surface area contributed by atoms with Crippen LogP contribution >= 0.6 is 31.9 Å². The van der Waals surface area contributed by atoms with Crippen molar-refractivity contribution in [1.29, 1.82) is 0 Å². The summed E-state index contributed by atoms with van der Waals surface area (Å²) in [5.74, 6) is -3.73. The van der Waals surface area contributed by atoms with Gasteiger partial charge in [-0.2, -0.15) is 0 Å². The molecular weight excluding hydrogens is 618 g/mol. The zero-order chi connectivity index (χ0) is 26.9. The lowest BCUT2D eigenvalue weighted by molar-refractivity contribution is -0.123. The Morgan fingerprint density at radius 3 is 2.45 bits per heavy atom. The Balaban J connectivity index is 1.54. The van der Waals surface area contributed by atoms with Crippen LogP contribution in [-0.2, 0) is 19.2 Å². The molecule has 9 heteroatoms.